The van der Waals surface area contributed by atoms with E-state index in [-0.39, 0.29) is 12.0 Å². The number of benzene rings is 1. The van der Waals surface area contributed by atoms with Gasteiger partial charge in [-0.2, -0.15) is 13.9 Å². The van der Waals surface area contributed by atoms with Crippen LogP contribution in [0.5, 0.6) is 0 Å². The molecule has 10 nitrogen and oxygen atoms in total. The number of nitrogens with zero attached hydrogens (tertiary/aromatic N) is 5. The van der Waals surface area contributed by atoms with Crippen LogP contribution in [0, 0.1) is 6.92 Å². The number of ether oxygens (including phenoxy) is 1. The number of fused-ring (bicyclic) bond motifs is 1. The second-order valence-electron chi connectivity index (χ2n) is 11.4. The van der Waals surface area contributed by atoms with Gasteiger partial charge < -0.3 is 25.6 Å². The number of nitrogen functional groups attached to an aromatic ring is 1. The number of amides is 2. The number of thiophene rings is 1. The molecule has 0 spiro atoms. The van der Waals surface area contributed by atoms with Gasteiger partial charge in [-0.15, -0.1) is 11.3 Å². The van der Waals surface area contributed by atoms with Crippen LogP contribution in [-0.2, 0) is 11.2 Å². The maximum absolute atomic E-state index is 13.4. The number of aryl methyl sites for hydroxylation is 1. The highest BCUT2D eigenvalue weighted by molar-refractivity contribution is 7.21. The van der Waals surface area contributed by atoms with E-state index in [1.807, 2.05) is 58.0 Å². The second-order valence-corrected chi connectivity index (χ2v) is 12.4. The quantitative estimate of drug-likeness (QED) is 0.284. The van der Waals surface area contributed by atoms with Crippen LogP contribution in [0.25, 0.3) is 21.3 Å². The van der Waals surface area contributed by atoms with Crippen molar-refractivity contribution in [2.24, 2.45) is 0 Å². The SMILES string of the molecule is Cc1ccc2c(N)c(C(=O)NCCc3ccc(N4CCN(C(=O)OC(C)(C)C)CC4)c(-c4cnn(C(F)F)c4)c3)sc2n1. The first-order valence-electron chi connectivity index (χ1n) is 14.0. The van der Waals surface area contributed by atoms with Crippen molar-refractivity contribution < 1.29 is 23.1 Å². The number of carbonyl (C=O) groups excluding carboxylic acids is 2. The lowest BCUT2D eigenvalue weighted by Gasteiger charge is -2.37. The summed E-state index contributed by atoms with van der Waals surface area (Å²) >= 11 is 1.26. The Kier molecular flexibility index (Phi) is 8.54. The number of aromatic nitrogens is 3. The van der Waals surface area contributed by atoms with E-state index in [1.54, 1.807) is 4.90 Å². The van der Waals surface area contributed by atoms with Gasteiger partial charge >= 0.3 is 12.6 Å². The molecule has 1 aliphatic heterocycles. The van der Waals surface area contributed by atoms with Gasteiger partial charge in [-0.05, 0) is 63.9 Å². The lowest BCUT2D eigenvalue weighted by molar-refractivity contribution is 0.0240. The molecular weight excluding hydrogens is 576 g/mol. The number of nitrogens with one attached hydrogen (secondary N) is 1. The minimum absolute atomic E-state index is 0.268. The van der Waals surface area contributed by atoms with Gasteiger partial charge in [-0.1, -0.05) is 6.07 Å². The second kappa shape index (κ2) is 12.2. The lowest BCUT2D eigenvalue weighted by atomic mass is 10.0. The Labute approximate surface area is 252 Å². The summed E-state index contributed by atoms with van der Waals surface area (Å²) in [6.07, 6.45) is 2.91. The van der Waals surface area contributed by atoms with Gasteiger partial charge in [-0.25, -0.2) is 14.5 Å². The number of carbonyl (C=O) groups is 2. The van der Waals surface area contributed by atoms with Crippen LogP contribution < -0.4 is 16.0 Å². The number of hydrogen-bond donors (Lipinski definition) is 2. The normalized spacial score (nSPS) is 14.0. The Hall–Kier alpha value is -4.26. The molecule has 43 heavy (non-hydrogen) atoms. The number of nitrogens with two attached hydrogens (primary N) is 1. The van der Waals surface area contributed by atoms with Crippen molar-refractivity contribution in [3.05, 3.63) is 58.9 Å². The summed E-state index contributed by atoms with van der Waals surface area (Å²) in [5.41, 5.74) is 9.99. The molecule has 2 amide bonds. The highest BCUT2D eigenvalue weighted by Crippen LogP contribution is 2.34. The summed E-state index contributed by atoms with van der Waals surface area (Å²) in [5, 5.41) is 7.53. The van der Waals surface area contributed by atoms with Gasteiger partial charge in [0.05, 0.1) is 11.9 Å². The minimum Gasteiger partial charge on any atom is -0.444 e. The molecule has 0 bridgehead atoms. The fourth-order valence-corrected chi connectivity index (χ4v) is 6.00. The van der Waals surface area contributed by atoms with Gasteiger partial charge in [0.15, 0.2) is 0 Å². The maximum Gasteiger partial charge on any atom is 0.410 e. The first-order chi connectivity index (χ1) is 20.4. The van der Waals surface area contributed by atoms with Gasteiger partial charge in [0.1, 0.15) is 15.3 Å². The Morgan fingerprint density at radius 3 is 2.56 bits per heavy atom. The maximum atomic E-state index is 13.4. The Morgan fingerprint density at radius 2 is 1.88 bits per heavy atom. The van der Waals surface area contributed by atoms with E-state index in [2.05, 4.69) is 20.3 Å². The fourth-order valence-electron chi connectivity index (χ4n) is 4.94. The average Bonchev–Trinajstić information content (AvgIpc) is 3.57. The van der Waals surface area contributed by atoms with Crippen LogP contribution in [-0.4, -0.2) is 70.0 Å². The summed E-state index contributed by atoms with van der Waals surface area (Å²) in [7, 11) is 0. The number of anilines is 2. The molecule has 0 aliphatic carbocycles. The molecule has 0 atom stereocenters. The van der Waals surface area contributed by atoms with Crippen molar-refractivity contribution in [2.75, 3.05) is 43.4 Å². The van der Waals surface area contributed by atoms with Crippen LogP contribution in [0.1, 0.15) is 48.2 Å². The molecule has 228 valence electrons. The third-order valence-electron chi connectivity index (χ3n) is 7.08. The molecule has 1 fully saturated rings. The number of piperazine rings is 1. The van der Waals surface area contributed by atoms with Crippen LogP contribution in [0.3, 0.4) is 0 Å². The fraction of sp³-hybridized carbons (Fsp3) is 0.400. The van der Waals surface area contributed by atoms with Crippen molar-refractivity contribution >= 4 is 44.9 Å². The van der Waals surface area contributed by atoms with Crippen molar-refractivity contribution in [3.63, 3.8) is 0 Å². The molecule has 1 aromatic carbocycles. The monoisotopic (exact) mass is 611 g/mol. The summed E-state index contributed by atoms with van der Waals surface area (Å²) in [6, 6.07) is 9.59. The zero-order valence-corrected chi connectivity index (χ0v) is 25.4. The third-order valence-corrected chi connectivity index (χ3v) is 8.20. The molecule has 5 rings (SSSR count). The number of halogens is 2. The van der Waals surface area contributed by atoms with Gasteiger partial charge in [0.25, 0.3) is 5.91 Å². The van der Waals surface area contributed by atoms with Crippen molar-refractivity contribution in [1.29, 1.82) is 0 Å². The lowest BCUT2D eigenvalue weighted by Crippen LogP contribution is -2.50. The Balaban J connectivity index is 1.30. The van der Waals surface area contributed by atoms with Crippen LogP contribution >= 0.6 is 11.3 Å². The smallest absolute Gasteiger partial charge is 0.410 e. The predicted octanol–water partition coefficient (Wildman–Crippen LogP) is 5.48. The largest absolute Gasteiger partial charge is 0.444 e. The molecule has 13 heteroatoms. The summed E-state index contributed by atoms with van der Waals surface area (Å²) in [5.74, 6) is -0.268. The molecule has 1 aliphatic rings. The highest BCUT2D eigenvalue weighted by atomic mass is 32.1. The van der Waals surface area contributed by atoms with Crippen molar-refractivity contribution in [3.8, 4) is 11.1 Å². The van der Waals surface area contributed by atoms with E-state index >= 15 is 0 Å². The summed E-state index contributed by atoms with van der Waals surface area (Å²) in [4.78, 5) is 34.9. The number of hydrogen-bond acceptors (Lipinski definition) is 8. The zero-order valence-electron chi connectivity index (χ0n) is 24.6. The van der Waals surface area contributed by atoms with Gasteiger partial charge in [0.2, 0.25) is 0 Å². The number of pyridine rings is 1. The Morgan fingerprint density at radius 1 is 1.14 bits per heavy atom. The third kappa shape index (κ3) is 6.87. The van der Waals surface area contributed by atoms with Crippen LogP contribution in [0.15, 0.2) is 42.7 Å². The zero-order chi connectivity index (χ0) is 30.9. The predicted molar refractivity (Wildman–Crippen MR) is 164 cm³/mol. The molecule has 3 aromatic heterocycles. The summed E-state index contributed by atoms with van der Waals surface area (Å²) in [6.45, 7) is 7.01. The van der Waals surface area contributed by atoms with Crippen LogP contribution in [0.4, 0.5) is 25.0 Å². The van der Waals surface area contributed by atoms with E-state index in [0.29, 0.717) is 60.0 Å². The number of rotatable bonds is 7. The van der Waals surface area contributed by atoms with Crippen molar-refractivity contribution in [1.82, 2.24) is 25.0 Å². The molecule has 4 heterocycles. The molecule has 0 unspecified atom stereocenters. The molecule has 4 aromatic rings. The molecule has 0 radical (unpaired) electrons. The molecule has 0 saturated carbocycles. The molecular formula is C30H35F2N7O3S. The van der Waals surface area contributed by atoms with E-state index < -0.39 is 12.2 Å². The first-order valence-corrected chi connectivity index (χ1v) is 14.8. The summed E-state index contributed by atoms with van der Waals surface area (Å²) < 4.78 is 32.8. The standard InChI is InChI=1S/C30H35F2N7O3S/c1-18-5-7-21-24(33)25(43-27(21)36-18)26(40)34-10-9-19-6-8-23(22(15-19)20-16-35-39(17-20)28(31)32)37-11-13-38(14-12-37)29(41)42-30(2,3)4/h5-8,15-17,28H,9-14,33H2,1-4H3,(H,34,40). The first kappa shape index (κ1) is 30.2. The average molecular weight is 612 g/mol. The van der Waals surface area contributed by atoms with Gasteiger partial charge in [-0.3, -0.25) is 4.79 Å². The van der Waals surface area contributed by atoms with Crippen molar-refractivity contribution in [2.45, 2.75) is 46.3 Å². The van der Waals surface area contributed by atoms with E-state index in [9.17, 15) is 18.4 Å². The topological polar surface area (TPSA) is 119 Å². The Bertz CT molecular complexity index is 1640. The van der Waals surface area contributed by atoms with E-state index in [0.717, 1.165) is 32.7 Å². The number of alkyl halides is 2. The molecule has 1 saturated heterocycles. The minimum atomic E-state index is -2.76. The van der Waals surface area contributed by atoms with Gasteiger partial charge in [0, 0.05) is 66.8 Å². The van der Waals surface area contributed by atoms with E-state index in [1.165, 1.54) is 23.7 Å². The van der Waals surface area contributed by atoms with Crippen LogP contribution in [0.2, 0.25) is 0 Å². The highest BCUT2D eigenvalue weighted by Gasteiger charge is 2.27. The molecule has 3 N–H and O–H groups in total. The van der Waals surface area contributed by atoms with E-state index in [4.69, 9.17) is 10.5 Å².